The fourth-order valence-corrected chi connectivity index (χ4v) is 4.71. The molecule has 5 nitrogen and oxygen atoms in total. The third kappa shape index (κ3) is 2.92. The highest BCUT2D eigenvalue weighted by atomic mass is 35.5. The van der Waals surface area contributed by atoms with E-state index >= 15 is 0 Å². The van der Waals surface area contributed by atoms with Gasteiger partial charge in [0.15, 0.2) is 0 Å². The van der Waals surface area contributed by atoms with E-state index in [-0.39, 0.29) is 5.97 Å². The van der Waals surface area contributed by atoms with Crippen LogP contribution in [-0.2, 0) is 9.47 Å². The predicted octanol–water partition coefficient (Wildman–Crippen LogP) is 5.22. The van der Waals surface area contributed by atoms with Crippen LogP contribution in [0.3, 0.4) is 0 Å². The lowest BCUT2D eigenvalue weighted by atomic mass is 10.0. The second-order valence-electron chi connectivity index (χ2n) is 7.55. The molecule has 3 heterocycles. The number of aromatic nitrogens is 1. The molecule has 154 valence electrons. The van der Waals surface area contributed by atoms with Gasteiger partial charge in [0.05, 0.1) is 36.4 Å². The molecule has 5 rings (SSSR count). The van der Waals surface area contributed by atoms with Gasteiger partial charge in [-0.15, -0.1) is 0 Å². The highest BCUT2D eigenvalue weighted by molar-refractivity contribution is 6.32. The number of esters is 1. The number of rotatable bonds is 3. The molecule has 4 aromatic rings. The van der Waals surface area contributed by atoms with Gasteiger partial charge in [0.2, 0.25) is 0 Å². The summed E-state index contributed by atoms with van der Waals surface area (Å²) >= 11 is 6.42. The molecule has 0 N–H and O–H groups in total. The van der Waals surface area contributed by atoms with Crippen molar-refractivity contribution in [2.75, 3.05) is 37.8 Å². The minimum Gasteiger partial charge on any atom is -0.462 e. The number of carbonyl (C=O) groups excluding carboxylic acids is 1. The summed E-state index contributed by atoms with van der Waals surface area (Å²) in [4.78, 5) is 15.0. The molecular weight excluding hydrogens is 400 g/mol. The molecule has 0 aliphatic carbocycles. The number of carbonyl (C=O) groups is 1. The standard InChI is InChI=1S/C24H23ClN2O3/c1-3-30-24(28)18-14-22-17-8-7-16(25)13-19(17)23-20(26-9-11-29-12-10-26)5-4-6-21(23)27(22)15(18)2/h4-8,13-14H,3,9-12H2,1-2H3. The third-order valence-corrected chi connectivity index (χ3v) is 6.12. The van der Waals surface area contributed by atoms with Crippen molar-refractivity contribution in [2.24, 2.45) is 0 Å². The van der Waals surface area contributed by atoms with E-state index in [4.69, 9.17) is 21.1 Å². The van der Waals surface area contributed by atoms with Crippen molar-refractivity contribution in [1.29, 1.82) is 0 Å². The number of anilines is 1. The van der Waals surface area contributed by atoms with E-state index in [9.17, 15) is 4.79 Å². The topological polar surface area (TPSA) is 43.2 Å². The molecule has 6 heteroatoms. The van der Waals surface area contributed by atoms with Crippen LogP contribution in [0.2, 0.25) is 5.02 Å². The third-order valence-electron chi connectivity index (χ3n) is 5.88. The smallest absolute Gasteiger partial charge is 0.339 e. The Labute approximate surface area is 179 Å². The molecule has 0 unspecified atom stereocenters. The molecule has 0 bridgehead atoms. The van der Waals surface area contributed by atoms with Gasteiger partial charge in [-0.3, -0.25) is 0 Å². The number of nitrogens with zero attached hydrogens (tertiary/aromatic N) is 2. The molecule has 1 fully saturated rings. The molecule has 1 aliphatic rings. The van der Waals surface area contributed by atoms with Crippen molar-refractivity contribution in [2.45, 2.75) is 13.8 Å². The van der Waals surface area contributed by atoms with Gasteiger partial charge in [0, 0.05) is 40.3 Å². The Kier molecular flexibility index (Phi) is 4.80. The number of benzene rings is 2. The maximum Gasteiger partial charge on any atom is 0.339 e. The number of hydrogen-bond acceptors (Lipinski definition) is 4. The summed E-state index contributed by atoms with van der Waals surface area (Å²) in [5.41, 5.74) is 4.67. The Morgan fingerprint density at radius 2 is 1.90 bits per heavy atom. The van der Waals surface area contributed by atoms with E-state index in [1.807, 2.05) is 38.1 Å². The molecule has 0 spiro atoms. The lowest BCUT2D eigenvalue weighted by Crippen LogP contribution is -2.36. The van der Waals surface area contributed by atoms with Gasteiger partial charge in [-0.1, -0.05) is 23.7 Å². The van der Waals surface area contributed by atoms with Crippen LogP contribution < -0.4 is 4.90 Å². The Balaban J connectivity index is 1.92. The first kappa shape index (κ1) is 19.2. The number of aryl methyl sites for hydroxylation is 1. The first-order valence-corrected chi connectivity index (χ1v) is 10.6. The van der Waals surface area contributed by atoms with E-state index in [0.717, 1.165) is 51.7 Å². The number of pyridine rings is 1. The van der Waals surface area contributed by atoms with Gasteiger partial charge in [0.1, 0.15) is 0 Å². The summed E-state index contributed by atoms with van der Waals surface area (Å²) in [7, 11) is 0. The zero-order valence-electron chi connectivity index (χ0n) is 17.1. The van der Waals surface area contributed by atoms with Crippen molar-refractivity contribution in [3.05, 3.63) is 58.7 Å². The minimum atomic E-state index is -0.293. The van der Waals surface area contributed by atoms with E-state index in [1.54, 1.807) is 0 Å². The van der Waals surface area contributed by atoms with Crippen molar-refractivity contribution < 1.29 is 14.3 Å². The van der Waals surface area contributed by atoms with Crippen LogP contribution in [0.4, 0.5) is 5.69 Å². The quantitative estimate of drug-likeness (QED) is 0.335. The molecule has 0 amide bonds. The molecule has 2 aromatic heterocycles. The van der Waals surface area contributed by atoms with Gasteiger partial charge in [0.25, 0.3) is 0 Å². The molecule has 1 aliphatic heterocycles. The van der Waals surface area contributed by atoms with Crippen LogP contribution in [0, 0.1) is 6.92 Å². The molecule has 30 heavy (non-hydrogen) atoms. The first-order valence-electron chi connectivity index (χ1n) is 10.3. The van der Waals surface area contributed by atoms with Crippen molar-refractivity contribution in [3.8, 4) is 0 Å². The number of fused-ring (bicyclic) bond motifs is 6. The molecule has 0 saturated carbocycles. The van der Waals surface area contributed by atoms with Crippen molar-refractivity contribution >= 4 is 50.4 Å². The Morgan fingerprint density at radius 3 is 2.67 bits per heavy atom. The maximum atomic E-state index is 12.6. The normalized spacial score (nSPS) is 14.7. The lowest BCUT2D eigenvalue weighted by Gasteiger charge is -2.30. The average Bonchev–Trinajstić information content (AvgIpc) is 3.11. The van der Waals surface area contributed by atoms with E-state index in [1.165, 1.54) is 0 Å². The Hall–Kier alpha value is -2.76. The zero-order valence-corrected chi connectivity index (χ0v) is 17.8. The van der Waals surface area contributed by atoms with Crippen LogP contribution in [0.5, 0.6) is 0 Å². The summed E-state index contributed by atoms with van der Waals surface area (Å²) in [5, 5.41) is 3.98. The average molecular weight is 423 g/mol. The molecule has 1 saturated heterocycles. The summed E-state index contributed by atoms with van der Waals surface area (Å²) < 4.78 is 13.0. The first-order chi connectivity index (χ1) is 14.6. The Morgan fingerprint density at radius 1 is 1.10 bits per heavy atom. The van der Waals surface area contributed by atoms with E-state index in [2.05, 4.69) is 27.5 Å². The number of hydrogen-bond donors (Lipinski definition) is 0. The maximum absolute atomic E-state index is 12.6. The van der Waals surface area contributed by atoms with Gasteiger partial charge in [-0.2, -0.15) is 0 Å². The summed E-state index contributed by atoms with van der Waals surface area (Å²) in [6.07, 6.45) is 0. The minimum absolute atomic E-state index is 0.293. The molecule has 0 atom stereocenters. The number of halogens is 1. The van der Waals surface area contributed by atoms with Crippen LogP contribution >= 0.6 is 11.6 Å². The summed E-state index contributed by atoms with van der Waals surface area (Å²) in [5.74, 6) is -0.293. The molecule has 2 aromatic carbocycles. The van der Waals surface area contributed by atoms with Crippen LogP contribution in [0.1, 0.15) is 23.0 Å². The Bertz CT molecular complexity index is 1290. The van der Waals surface area contributed by atoms with Crippen LogP contribution in [0.25, 0.3) is 27.2 Å². The summed E-state index contributed by atoms with van der Waals surface area (Å²) in [6, 6.07) is 14.2. The van der Waals surface area contributed by atoms with Gasteiger partial charge in [-0.25, -0.2) is 4.79 Å². The predicted molar refractivity (Wildman–Crippen MR) is 121 cm³/mol. The number of morpholine rings is 1. The van der Waals surface area contributed by atoms with Crippen molar-refractivity contribution in [1.82, 2.24) is 4.40 Å². The van der Waals surface area contributed by atoms with E-state index in [0.29, 0.717) is 30.4 Å². The van der Waals surface area contributed by atoms with E-state index < -0.39 is 0 Å². The fourth-order valence-electron chi connectivity index (χ4n) is 4.54. The number of ether oxygens (including phenoxy) is 2. The lowest BCUT2D eigenvalue weighted by molar-refractivity contribution is 0.0525. The van der Waals surface area contributed by atoms with Crippen LogP contribution in [0.15, 0.2) is 42.5 Å². The summed E-state index contributed by atoms with van der Waals surface area (Å²) in [6.45, 7) is 7.27. The molecule has 0 radical (unpaired) electrons. The second-order valence-corrected chi connectivity index (χ2v) is 7.98. The fraction of sp³-hybridized carbons (Fsp3) is 0.292. The largest absolute Gasteiger partial charge is 0.462 e. The SMILES string of the molecule is CCOC(=O)c1cc2c3ccc(Cl)cc3c3c(N4CCOCC4)cccc3n2c1C. The van der Waals surface area contributed by atoms with Crippen LogP contribution in [-0.4, -0.2) is 43.3 Å². The van der Waals surface area contributed by atoms with Gasteiger partial charge in [-0.05, 0) is 49.6 Å². The molecular formula is C24H23ClN2O3. The zero-order chi connectivity index (χ0) is 20.8. The van der Waals surface area contributed by atoms with Crippen molar-refractivity contribution in [3.63, 3.8) is 0 Å². The van der Waals surface area contributed by atoms with Gasteiger partial charge < -0.3 is 18.8 Å². The highest BCUT2D eigenvalue weighted by Gasteiger charge is 2.22. The van der Waals surface area contributed by atoms with Gasteiger partial charge >= 0.3 is 5.97 Å². The second kappa shape index (κ2) is 7.49. The highest BCUT2D eigenvalue weighted by Crippen LogP contribution is 2.39. The monoisotopic (exact) mass is 422 g/mol.